The molecule has 1 heteroatoms. The predicted molar refractivity (Wildman–Crippen MR) is 71.9 cm³/mol. The molecule has 0 bridgehead atoms. The number of halogens is 1. The lowest BCUT2D eigenvalue weighted by Gasteiger charge is -2.29. The van der Waals surface area contributed by atoms with Gasteiger partial charge in [-0.25, -0.2) is 0 Å². The summed E-state index contributed by atoms with van der Waals surface area (Å²) in [5.74, 6) is 1.89. The first kappa shape index (κ1) is 12.5. The van der Waals surface area contributed by atoms with Gasteiger partial charge in [0.05, 0.1) is 5.38 Å². The largest absolute Gasteiger partial charge is 0.118 e. The molecule has 0 nitrogen and oxygen atoms in total. The highest BCUT2D eigenvalue weighted by atomic mass is 35.5. The second-order valence-electron chi connectivity index (χ2n) is 5.63. The van der Waals surface area contributed by atoms with Crippen LogP contribution < -0.4 is 0 Å². The summed E-state index contributed by atoms with van der Waals surface area (Å²) in [6, 6.07) is 0. The standard InChI is InChI=1S/C15H25Cl/c1-2-12-7-9-13(10-8-12)14-5-3-4-6-15(16)11-14/h11-13,15H,2-10H2,1H3. The molecule has 2 rings (SSSR count). The lowest BCUT2D eigenvalue weighted by atomic mass is 9.76. The van der Waals surface area contributed by atoms with Gasteiger partial charge in [-0.05, 0) is 56.8 Å². The first-order valence-electron chi connectivity index (χ1n) is 7.14. The number of hydrogen-bond acceptors (Lipinski definition) is 0. The minimum Gasteiger partial charge on any atom is -0.118 e. The van der Waals surface area contributed by atoms with Crippen molar-refractivity contribution in [1.29, 1.82) is 0 Å². The van der Waals surface area contributed by atoms with Gasteiger partial charge < -0.3 is 0 Å². The maximum absolute atomic E-state index is 6.31. The average Bonchev–Trinajstić information content (AvgIpc) is 2.54. The molecule has 16 heavy (non-hydrogen) atoms. The molecular weight excluding hydrogens is 216 g/mol. The molecule has 1 fully saturated rings. The Balaban J connectivity index is 1.92. The molecule has 1 saturated carbocycles. The Labute approximate surface area is 105 Å². The van der Waals surface area contributed by atoms with Crippen LogP contribution in [-0.4, -0.2) is 5.38 Å². The van der Waals surface area contributed by atoms with Crippen LogP contribution >= 0.6 is 11.6 Å². The van der Waals surface area contributed by atoms with Crippen LogP contribution in [0.3, 0.4) is 0 Å². The molecule has 0 aromatic rings. The van der Waals surface area contributed by atoms with Crippen molar-refractivity contribution >= 4 is 11.6 Å². The fourth-order valence-electron chi connectivity index (χ4n) is 3.35. The van der Waals surface area contributed by atoms with Crippen molar-refractivity contribution in [2.45, 2.75) is 70.1 Å². The van der Waals surface area contributed by atoms with E-state index < -0.39 is 0 Å². The Kier molecular flexibility index (Phi) is 4.76. The Hall–Kier alpha value is 0.0300. The van der Waals surface area contributed by atoms with E-state index in [1.807, 2.05) is 0 Å². The van der Waals surface area contributed by atoms with Gasteiger partial charge >= 0.3 is 0 Å². The van der Waals surface area contributed by atoms with Gasteiger partial charge in [0.15, 0.2) is 0 Å². The summed E-state index contributed by atoms with van der Waals surface area (Å²) in [4.78, 5) is 0. The summed E-state index contributed by atoms with van der Waals surface area (Å²) in [7, 11) is 0. The fraction of sp³-hybridized carbons (Fsp3) is 0.867. The Morgan fingerprint density at radius 2 is 1.88 bits per heavy atom. The van der Waals surface area contributed by atoms with Crippen molar-refractivity contribution in [3.63, 3.8) is 0 Å². The molecule has 92 valence electrons. The zero-order valence-corrected chi connectivity index (χ0v) is 11.3. The lowest BCUT2D eigenvalue weighted by Crippen LogP contribution is -2.16. The second kappa shape index (κ2) is 6.10. The van der Waals surface area contributed by atoms with Gasteiger partial charge in [0.2, 0.25) is 0 Å². The van der Waals surface area contributed by atoms with Gasteiger partial charge in [-0.3, -0.25) is 0 Å². The molecule has 0 N–H and O–H groups in total. The third kappa shape index (κ3) is 3.26. The highest BCUT2D eigenvalue weighted by Crippen LogP contribution is 2.38. The average molecular weight is 241 g/mol. The van der Waals surface area contributed by atoms with Crippen LogP contribution in [0.5, 0.6) is 0 Å². The van der Waals surface area contributed by atoms with E-state index in [-0.39, 0.29) is 0 Å². The maximum atomic E-state index is 6.31. The van der Waals surface area contributed by atoms with E-state index >= 15 is 0 Å². The SMILES string of the molecule is CCC1CCC(C2=CC(Cl)CCCC2)CC1. The van der Waals surface area contributed by atoms with Crippen LogP contribution in [0.15, 0.2) is 11.6 Å². The van der Waals surface area contributed by atoms with E-state index in [0.717, 1.165) is 11.8 Å². The Morgan fingerprint density at radius 1 is 1.12 bits per heavy atom. The fourth-order valence-corrected chi connectivity index (χ4v) is 3.67. The van der Waals surface area contributed by atoms with Gasteiger partial charge in [0.1, 0.15) is 0 Å². The van der Waals surface area contributed by atoms with E-state index in [1.165, 1.54) is 57.8 Å². The van der Waals surface area contributed by atoms with Gasteiger partial charge in [-0.2, -0.15) is 0 Å². The molecule has 0 amide bonds. The first-order chi connectivity index (χ1) is 7.79. The van der Waals surface area contributed by atoms with E-state index in [4.69, 9.17) is 11.6 Å². The Morgan fingerprint density at radius 3 is 2.56 bits per heavy atom. The van der Waals surface area contributed by atoms with Crippen LogP contribution in [-0.2, 0) is 0 Å². The summed E-state index contributed by atoms with van der Waals surface area (Å²) in [5, 5.41) is 0.321. The van der Waals surface area contributed by atoms with Crippen molar-refractivity contribution < 1.29 is 0 Å². The summed E-state index contributed by atoms with van der Waals surface area (Å²) in [6.45, 7) is 2.34. The number of alkyl halides is 1. The second-order valence-corrected chi connectivity index (χ2v) is 6.19. The van der Waals surface area contributed by atoms with Crippen molar-refractivity contribution in [3.05, 3.63) is 11.6 Å². The predicted octanol–water partition coefficient (Wildman–Crippen LogP) is 5.31. The van der Waals surface area contributed by atoms with Crippen molar-refractivity contribution in [3.8, 4) is 0 Å². The molecule has 0 aromatic carbocycles. The minimum absolute atomic E-state index is 0.321. The molecule has 0 saturated heterocycles. The molecule has 2 aliphatic carbocycles. The smallest absolute Gasteiger partial charge is 0.0518 e. The number of allylic oxidation sites excluding steroid dienone is 2. The molecule has 0 spiro atoms. The normalized spacial score (nSPS) is 36.6. The highest BCUT2D eigenvalue weighted by Gasteiger charge is 2.24. The van der Waals surface area contributed by atoms with Crippen molar-refractivity contribution in [2.75, 3.05) is 0 Å². The van der Waals surface area contributed by atoms with Crippen LogP contribution in [0.1, 0.15) is 64.7 Å². The van der Waals surface area contributed by atoms with E-state index in [2.05, 4.69) is 13.0 Å². The number of hydrogen-bond donors (Lipinski definition) is 0. The van der Waals surface area contributed by atoms with E-state index in [0.29, 0.717) is 5.38 Å². The maximum Gasteiger partial charge on any atom is 0.0518 e. The molecular formula is C15H25Cl. The third-order valence-corrected chi connectivity index (χ3v) is 4.88. The summed E-state index contributed by atoms with van der Waals surface area (Å²) >= 11 is 6.31. The quantitative estimate of drug-likeness (QED) is 0.453. The molecule has 0 heterocycles. The van der Waals surface area contributed by atoms with Crippen LogP contribution in [0.25, 0.3) is 0 Å². The first-order valence-corrected chi connectivity index (χ1v) is 7.58. The summed E-state index contributed by atoms with van der Waals surface area (Å²) in [6.07, 6.45) is 14.7. The minimum atomic E-state index is 0.321. The topological polar surface area (TPSA) is 0 Å². The Bertz CT molecular complexity index is 236. The lowest BCUT2D eigenvalue weighted by molar-refractivity contribution is 0.291. The number of rotatable bonds is 2. The van der Waals surface area contributed by atoms with Gasteiger partial charge in [-0.1, -0.05) is 31.4 Å². The van der Waals surface area contributed by atoms with Gasteiger partial charge in [0, 0.05) is 0 Å². The van der Waals surface area contributed by atoms with Crippen molar-refractivity contribution in [2.24, 2.45) is 11.8 Å². The van der Waals surface area contributed by atoms with Crippen LogP contribution in [0.2, 0.25) is 0 Å². The molecule has 0 aromatic heterocycles. The molecule has 1 unspecified atom stereocenters. The monoisotopic (exact) mass is 240 g/mol. The van der Waals surface area contributed by atoms with Gasteiger partial charge in [-0.15, -0.1) is 11.6 Å². The van der Waals surface area contributed by atoms with Crippen LogP contribution in [0, 0.1) is 11.8 Å². The summed E-state index contributed by atoms with van der Waals surface area (Å²) < 4.78 is 0. The van der Waals surface area contributed by atoms with Crippen molar-refractivity contribution in [1.82, 2.24) is 0 Å². The molecule has 0 aliphatic heterocycles. The molecule has 2 aliphatic rings. The zero-order valence-electron chi connectivity index (χ0n) is 10.6. The zero-order chi connectivity index (χ0) is 11.4. The van der Waals surface area contributed by atoms with E-state index in [9.17, 15) is 0 Å². The highest BCUT2D eigenvalue weighted by molar-refractivity contribution is 6.21. The summed E-state index contributed by atoms with van der Waals surface area (Å²) in [5.41, 5.74) is 1.70. The van der Waals surface area contributed by atoms with E-state index in [1.54, 1.807) is 5.57 Å². The third-order valence-electron chi connectivity index (χ3n) is 4.54. The van der Waals surface area contributed by atoms with Crippen LogP contribution in [0.4, 0.5) is 0 Å². The molecule has 0 radical (unpaired) electrons. The molecule has 1 atom stereocenters. The van der Waals surface area contributed by atoms with Gasteiger partial charge in [0.25, 0.3) is 0 Å².